The van der Waals surface area contributed by atoms with E-state index in [0.29, 0.717) is 0 Å². The van der Waals surface area contributed by atoms with Gasteiger partial charge in [0.15, 0.2) is 0 Å². The summed E-state index contributed by atoms with van der Waals surface area (Å²) >= 11 is 1.19. The molecule has 1 fully saturated rings. The van der Waals surface area contributed by atoms with Gasteiger partial charge in [-0.1, -0.05) is 0 Å². The van der Waals surface area contributed by atoms with E-state index in [4.69, 9.17) is 4.74 Å². The molecule has 1 aliphatic rings. The number of aliphatic hydroxyl groups is 1. The molecule has 0 aromatic heterocycles. The molecule has 0 aromatic carbocycles. The standard InChI is InChI=1S/C8H13NO4S/c1-4(10)6-7(12)9(14-3)8(6)13-5(2)11/h4,6,8,10H,1-3H3/t4-,6+,8-/m1/s1. The molecule has 1 heterocycles. The van der Waals surface area contributed by atoms with Crippen molar-refractivity contribution < 1.29 is 19.4 Å². The van der Waals surface area contributed by atoms with Crippen LogP contribution in [0.3, 0.4) is 0 Å². The maximum absolute atomic E-state index is 11.4. The summed E-state index contributed by atoms with van der Waals surface area (Å²) < 4.78 is 6.27. The molecular formula is C8H13NO4S. The third kappa shape index (κ3) is 1.85. The largest absolute Gasteiger partial charge is 0.440 e. The molecule has 0 saturated carbocycles. The minimum absolute atomic E-state index is 0.196. The Morgan fingerprint density at radius 3 is 2.64 bits per heavy atom. The molecule has 80 valence electrons. The van der Waals surface area contributed by atoms with E-state index in [1.807, 2.05) is 0 Å². The number of β-lactam (4-membered cyclic amide) rings is 1. The molecule has 1 aliphatic heterocycles. The maximum Gasteiger partial charge on any atom is 0.304 e. The van der Waals surface area contributed by atoms with Gasteiger partial charge in [-0.2, -0.15) is 0 Å². The summed E-state index contributed by atoms with van der Waals surface area (Å²) in [6.45, 7) is 2.79. The van der Waals surface area contributed by atoms with E-state index in [1.165, 1.54) is 30.1 Å². The molecule has 1 N–H and O–H groups in total. The van der Waals surface area contributed by atoms with Crippen molar-refractivity contribution in [3.63, 3.8) is 0 Å². The highest BCUT2D eigenvalue weighted by Gasteiger charge is 2.52. The number of ether oxygens (including phenoxy) is 1. The fourth-order valence-corrected chi connectivity index (χ4v) is 2.07. The molecule has 0 aliphatic carbocycles. The van der Waals surface area contributed by atoms with Crippen molar-refractivity contribution in [1.82, 2.24) is 4.31 Å². The molecule has 14 heavy (non-hydrogen) atoms. The Kier molecular flexibility index (Phi) is 3.38. The van der Waals surface area contributed by atoms with Gasteiger partial charge in [0.05, 0.1) is 6.10 Å². The van der Waals surface area contributed by atoms with Gasteiger partial charge in [0.1, 0.15) is 5.92 Å². The zero-order chi connectivity index (χ0) is 10.9. The summed E-state index contributed by atoms with van der Waals surface area (Å²) in [5, 5.41) is 9.29. The lowest BCUT2D eigenvalue weighted by molar-refractivity contribution is -0.190. The minimum atomic E-state index is -0.796. The lowest BCUT2D eigenvalue weighted by atomic mass is 9.93. The van der Waals surface area contributed by atoms with Crippen LogP contribution in [0.2, 0.25) is 0 Å². The van der Waals surface area contributed by atoms with Crippen molar-refractivity contribution in [2.45, 2.75) is 26.2 Å². The molecule has 3 atom stereocenters. The number of hydrogen-bond donors (Lipinski definition) is 1. The molecule has 0 bridgehead atoms. The van der Waals surface area contributed by atoms with Gasteiger partial charge in [-0.25, -0.2) is 4.31 Å². The van der Waals surface area contributed by atoms with E-state index in [-0.39, 0.29) is 5.91 Å². The van der Waals surface area contributed by atoms with E-state index in [9.17, 15) is 14.7 Å². The van der Waals surface area contributed by atoms with Crippen LogP contribution in [-0.2, 0) is 14.3 Å². The minimum Gasteiger partial charge on any atom is -0.440 e. The molecule has 0 unspecified atom stereocenters. The lowest BCUT2D eigenvalue weighted by Crippen LogP contribution is -2.62. The Balaban J connectivity index is 2.68. The zero-order valence-corrected chi connectivity index (χ0v) is 9.08. The highest BCUT2D eigenvalue weighted by molar-refractivity contribution is 7.96. The summed E-state index contributed by atoms with van der Waals surface area (Å²) in [5.74, 6) is -1.27. The number of rotatable bonds is 3. The van der Waals surface area contributed by atoms with Crippen molar-refractivity contribution in [3.05, 3.63) is 0 Å². The van der Waals surface area contributed by atoms with Crippen molar-refractivity contribution >= 4 is 23.8 Å². The first-order valence-corrected chi connectivity index (χ1v) is 5.39. The first-order valence-electron chi connectivity index (χ1n) is 4.21. The first kappa shape index (κ1) is 11.3. The van der Waals surface area contributed by atoms with Gasteiger partial charge in [0.25, 0.3) is 0 Å². The van der Waals surface area contributed by atoms with Gasteiger partial charge in [-0.3, -0.25) is 9.59 Å². The van der Waals surface area contributed by atoms with Crippen molar-refractivity contribution in [1.29, 1.82) is 0 Å². The van der Waals surface area contributed by atoms with E-state index in [2.05, 4.69) is 0 Å². The summed E-state index contributed by atoms with van der Waals surface area (Å²) in [7, 11) is 0. The highest BCUT2D eigenvalue weighted by atomic mass is 32.2. The summed E-state index contributed by atoms with van der Waals surface area (Å²) in [4.78, 5) is 22.1. The predicted molar refractivity (Wildman–Crippen MR) is 51.1 cm³/mol. The Hall–Kier alpha value is -0.750. The lowest BCUT2D eigenvalue weighted by Gasteiger charge is -2.44. The number of carbonyl (C=O) groups is 2. The zero-order valence-electron chi connectivity index (χ0n) is 8.26. The van der Waals surface area contributed by atoms with Gasteiger partial charge < -0.3 is 9.84 Å². The number of aliphatic hydroxyl groups excluding tert-OH is 1. The third-order valence-corrected chi connectivity index (χ3v) is 2.82. The fraction of sp³-hybridized carbons (Fsp3) is 0.750. The van der Waals surface area contributed by atoms with Crippen LogP contribution in [0.15, 0.2) is 0 Å². The van der Waals surface area contributed by atoms with Gasteiger partial charge >= 0.3 is 5.97 Å². The average Bonchev–Trinajstić information content (AvgIpc) is 2.02. The maximum atomic E-state index is 11.4. The van der Waals surface area contributed by atoms with Crippen molar-refractivity contribution in [2.24, 2.45) is 5.92 Å². The topological polar surface area (TPSA) is 66.8 Å². The van der Waals surface area contributed by atoms with Gasteiger partial charge in [0, 0.05) is 13.2 Å². The Bertz CT molecular complexity index is 256. The number of esters is 1. The highest BCUT2D eigenvalue weighted by Crippen LogP contribution is 2.35. The third-order valence-electron chi connectivity index (χ3n) is 2.04. The fourth-order valence-electron chi connectivity index (χ4n) is 1.39. The molecular weight excluding hydrogens is 206 g/mol. The molecule has 1 saturated heterocycles. The summed E-state index contributed by atoms with van der Waals surface area (Å²) in [5.41, 5.74) is 0. The smallest absolute Gasteiger partial charge is 0.304 e. The van der Waals surface area contributed by atoms with Crippen LogP contribution in [0.25, 0.3) is 0 Å². The van der Waals surface area contributed by atoms with Crippen LogP contribution in [0.5, 0.6) is 0 Å². The first-order chi connectivity index (χ1) is 6.49. The number of hydrogen-bond acceptors (Lipinski definition) is 5. The van der Waals surface area contributed by atoms with Crippen LogP contribution in [0.1, 0.15) is 13.8 Å². The monoisotopic (exact) mass is 219 g/mol. The molecule has 0 spiro atoms. The second-order valence-electron chi connectivity index (χ2n) is 3.11. The number of amides is 1. The second-order valence-corrected chi connectivity index (χ2v) is 3.87. The molecule has 0 radical (unpaired) electrons. The van der Waals surface area contributed by atoms with Gasteiger partial charge in [-0.05, 0) is 18.9 Å². The molecule has 1 rings (SSSR count). The molecule has 6 heteroatoms. The van der Waals surface area contributed by atoms with E-state index in [0.717, 1.165) is 0 Å². The van der Waals surface area contributed by atoms with Crippen LogP contribution in [0, 0.1) is 5.92 Å². The predicted octanol–water partition coefficient (Wildman–Crippen LogP) is -0.00720. The van der Waals surface area contributed by atoms with E-state index < -0.39 is 24.2 Å². The van der Waals surface area contributed by atoms with Gasteiger partial charge in [-0.15, -0.1) is 0 Å². The molecule has 0 aromatic rings. The van der Waals surface area contributed by atoms with Crippen molar-refractivity contribution in [3.8, 4) is 0 Å². The van der Waals surface area contributed by atoms with Gasteiger partial charge in [0.2, 0.25) is 12.1 Å². The van der Waals surface area contributed by atoms with Crippen LogP contribution >= 0.6 is 11.9 Å². The number of nitrogens with zero attached hydrogens (tertiary/aromatic N) is 1. The average molecular weight is 219 g/mol. The van der Waals surface area contributed by atoms with Crippen LogP contribution in [-0.4, -0.2) is 39.9 Å². The quantitative estimate of drug-likeness (QED) is 0.411. The second kappa shape index (κ2) is 4.18. The molecule has 5 nitrogen and oxygen atoms in total. The summed E-state index contributed by atoms with van der Waals surface area (Å²) in [6.07, 6.45) is 0.289. The van der Waals surface area contributed by atoms with E-state index >= 15 is 0 Å². The Morgan fingerprint density at radius 1 is 1.71 bits per heavy atom. The van der Waals surface area contributed by atoms with Crippen LogP contribution < -0.4 is 0 Å². The van der Waals surface area contributed by atoms with Crippen molar-refractivity contribution in [2.75, 3.05) is 6.26 Å². The van der Waals surface area contributed by atoms with E-state index in [1.54, 1.807) is 6.26 Å². The Morgan fingerprint density at radius 2 is 2.29 bits per heavy atom. The molecule has 1 amide bonds. The van der Waals surface area contributed by atoms with Crippen LogP contribution in [0.4, 0.5) is 0 Å². The SMILES string of the molecule is CSN1C(=O)[C@H]([C@@H](C)O)[C@H]1OC(C)=O. The summed E-state index contributed by atoms with van der Waals surface area (Å²) in [6, 6.07) is 0. The normalized spacial score (nSPS) is 28.3. The number of carbonyl (C=O) groups excluding carboxylic acids is 2. The Labute approximate surface area is 86.5 Å².